The second-order valence-electron chi connectivity index (χ2n) is 5.80. The number of aliphatic carboxylic acids is 1. The van der Waals surface area contributed by atoms with Gasteiger partial charge < -0.3 is 20.4 Å². The zero-order valence-corrected chi connectivity index (χ0v) is 14.1. The van der Waals surface area contributed by atoms with Crippen LogP contribution in [0.5, 0.6) is 5.95 Å². The minimum absolute atomic E-state index is 0.0141. The van der Waals surface area contributed by atoms with Crippen LogP contribution in [0.3, 0.4) is 0 Å². The quantitative estimate of drug-likeness (QED) is 0.467. The van der Waals surface area contributed by atoms with Crippen LogP contribution in [0.1, 0.15) is 37.0 Å². The van der Waals surface area contributed by atoms with Crippen LogP contribution >= 0.6 is 12.6 Å². The first kappa shape index (κ1) is 18.0. The number of carboxylic acid groups (broad SMARTS) is 1. The van der Waals surface area contributed by atoms with Gasteiger partial charge in [0.15, 0.2) is 11.7 Å². The Bertz CT molecular complexity index is 738. The summed E-state index contributed by atoms with van der Waals surface area (Å²) in [5.74, 6) is -1.49. The van der Waals surface area contributed by atoms with E-state index in [-0.39, 0.29) is 11.6 Å². The van der Waals surface area contributed by atoms with Crippen molar-refractivity contribution in [1.29, 1.82) is 0 Å². The molecular formula is C16H19N3O4S. The molecule has 0 fully saturated rings. The van der Waals surface area contributed by atoms with Crippen LogP contribution in [0.25, 0.3) is 0 Å². The van der Waals surface area contributed by atoms with Gasteiger partial charge in [-0.1, -0.05) is 30.3 Å². The number of carbonyl (C=O) groups is 1. The Balaban J connectivity index is 2.26. The van der Waals surface area contributed by atoms with Crippen LogP contribution in [0.15, 0.2) is 39.7 Å². The lowest BCUT2D eigenvalue weighted by molar-refractivity contribution is -0.138. The maximum absolute atomic E-state index is 11.3. The monoisotopic (exact) mass is 349 g/mol. The molecule has 0 bridgehead atoms. The lowest BCUT2D eigenvalue weighted by Gasteiger charge is -2.21. The van der Waals surface area contributed by atoms with E-state index >= 15 is 0 Å². The van der Waals surface area contributed by atoms with E-state index in [1.165, 1.54) is 0 Å². The summed E-state index contributed by atoms with van der Waals surface area (Å²) >= 11 is 4.23. The molecule has 1 aromatic heterocycles. The zero-order chi connectivity index (χ0) is 17.9. The number of carboxylic acids is 1. The molecule has 0 aliphatic rings. The fraction of sp³-hybridized carbons (Fsp3) is 0.312. The number of aromatic hydroxyl groups is 1. The van der Waals surface area contributed by atoms with Gasteiger partial charge in [0.2, 0.25) is 5.89 Å². The maximum atomic E-state index is 11.3. The fourth-order valence-electron chi connectivity index (χ4n) is 2.05. The molecule has 7 nitrogen and oxygen atoms in total. The van der Waals surface area contributed by atoms with E-state index in [9.17, 15) is 15.0 Å². The lowest BCUT2D eigenvalue weighted by atomic mass is 10.0. The van der Waals surface area contributed by atoms with Crippen molar-refractivity contribution in [1.82, 2.24) is 4.98 Å². The molecule has 0 aliphatic carbocycles. The van der Waals surface area contributed by atoms with E-state index in [1.807, 2.05) is 30.3 Å². The summed E-state index contributed by atoms with van der Waals surface area (Å²) in [5.41, 5.74) is 6.83. The molecule has 0 saturated heterocycles. The van der Waals surface area contributed by atoms with Crippen molar-refractivity contribution in [3.63, 3.8) is 0 Å². The van der Waals surface area contributed by atoms with Gasteiger partial charge in [-0.05, 0) is 19.4 Å². The molecule has 2 unspecified atom stereocenters. The number of thiol groups is 1. The van der Waals surface area contributed by atoms with Crippen LogP contribution in [-0.4, -0.2) is 38.2 Å². The Morgan fingerprint density at radius 1 is 1.42 bits per heavy atom. The fourth-order valence-corrected chi connectivity index (χ4v) is 2.23. The third kappa shape index (κ3) is 4.15. The molecule has 1 aromatic carbocycles. The van der Waals surface area contributed by atoms with Crippen LogP contribution in [-0.2, 0) is 4.79 Å². The first-order chi connectivity index (χ1) is 11.2. The smallest absolute Gasteiger partial charge is 0.329 e. The van der Waals surface area contributed by atoms with E-state index in [2.05, 4.69) is 22.6 Å². The molecule has 2 aromatic rings. The van der Waals surface area contributed by atoms with Gasteiger partial charge in [0.25, 0.3) is 0 Å². The molecule has 1 heterocycles. The number of rotatable bonds is 6. The van der Waals surface area contributed by atoms with E-state index in [0.29, 0.717) is 0 Å². The Morgan fingerprint density at radius 2 is 2.04 bits per heavy atom. The van der Waals surface area contributed by atoms with E-state index in [1.54, 1.807) is 13.8 Å². The number of benzene rings is 1. The first-order valence-corrected chi connectivity index (χ1v) is 7.63. The van der Waals surface area contributed by atoms with Gasteiger partial charge in [-0.15, -0.1) is 0 Å². The van der Waals surface area contributed by atoms with Crippen molar-refractivity contribution in [3.05, 3.63) is 47.5 Å². The van der Waals surface area contributed by atoms with E-state index in [0.717, 1.165) is 11.8 Å². The molecule has 0 aliphatic heterocycles. The highest BCUT2D eigenvalue weighted by Crippen LogP contribution is 2.25. The van der Waals surface area contributed by atoms with Crippen molar-refractivity contribution in [2.24, 2.45) is 10.7 Å². The predicted octanol–water partition coefficient (Wildman–Crippen LogP) is 2.01. The highest BCUT2D eigenvalue weighted by atomic mass is 32.1. The number of nitrogens with zero attached hydrogens (tertiary/aromatic N) is 2. The average molecular weight is 349 g/mol. The number of hydrogen-bond donors (Lipinski definition) is 4. The number of hydrogen-bond acceptors (Lipinski definition) is 7. The lowest BCUT2D eigenvalue weighted by Crippen LogP contribution is -2.36. The second kappa shape index (κ2) is 7.06. The van der Waals surface area contributed by atoms with Crippen molar-refractivity contribution >= 4 is 24.8 Å². The Hall–Kier alpha value is -2.32. The summed E-state index contributed by atoms with van der Waals surface area (Å²) in [7, 11) is 0. The molecular weight excluding hydrogens is 330 g/mol. The van der Waals surface area contributed by atoms with Gasteiger partial charge in [-0.2, -0.15) is 12.6 Å². The summed E-state index contributed by atoms with van der Waals surface area (Å²) in [6, 6.07) is 7.36. The normalized spacial score (nSPS) is 14.7. The third-order valence-electron chi connectivity index (χ3n) is 3.32. The zero-order valence-electron chi connectivity index (χ0n) is 13.2. The van der Waals surface area contributed by atoms with Gasteiger partial charge in [-0.3, -0.25) is 4.99 Å². The molecule has 0 spiro atoms. The molecule has 24 heavy (non-hydrogen) atoms. The highest BCUT2D eigenvalue weighted by molar-refractivity contribution is 7.81. The highest BCUT2D eigenvalue weighted by Gasteiger charge is 2.31. The van der Waals surface area contributed by atoms with Crippen LogP contribution < -0.4 is 5.73 Å². The molecule has 0 radical (unpaired) electrons. The predicted molar refractivity (Wildman–Crippen MR) is 92.7 cm³/mol. The van der Waals surface area contributed by atoms with E-state index in [4.69, 9.17) is 10.2 Å². The SMILES string of the molecule is CC(C)(S)C(N=Cc1nc(C(N)c2ccccc2)oc1O)C(=O)O. The Labute approximate surface area is 144 Å². The molecule has 4 N–H and O–H groups in total. The number of aliphatic imine (C=N–C) groups is 1. The van der Waals surface area contributed by atoms with Gasteiger partial charge in [-0.25, -0.2) is 9.78 Å². The Kier molecular flexibility index (Phi) is 5.30. The van der Waals surface area contributed by atoms with Gasteiger partial charge >= 0.3 is 11.9 Å². The van der Waals surface area contributed by atoms with Gasteiger partial charge in [0.1, 0.15) is 6.04 Å². The van der Waals surface area contributed by atoms with E-state index < -0.39 is 28.7 Å². The Morgan fingerprint density at radius 3 is 2.58 bits per heavy atom. The van der Waals surface area contributed by atoms with Crippen LogP contribution in [0.4, 0.5) is 0 Å². The minimum Gasteiger partial charge on any atom is -0.480 e. The van der Waals surface area contributed by atoms with Gasteiger partial charge in [0.05, 0.1) is 6.21 Å². The first-order valence-electron chi connectivity index (χ1n) is 7.18. The number of aromatic nitrogens is 1. The van der Waals surface area contributed by atoms with Crippen molar-refractivity contribution in [2.45, 2.75) is 30.7 Å². The number of oxazole rings is 1. The minimum atomic E-state index is -1.13. The largest absolute Gasteiger partial charge is 0.480 e. The van der Waals surface area contributed by atoms with Crippen molar-refractivity contribution in [2.75, 3.05) is 0 Å². The number of nitrogens with two attached hydrogens (primary N) is 1. The van der Waals surface area contributed by atoms with Crippen LogP contribution in [0.2, 0.25) is 0 Å². The molecule has 128 valence electrons. The van der Waals surface area contributed by atoms with Gasteiger partial charge in [0, 0.05) is 4.75 Å². The second-order valence-corrected chi connectivity index (χ2v) is 6.96. The van der Waals surface area contributed by atoms with Crippen LogP contribution in [0, 0.1) is 0 Å². The maximum Gasteiger partial charge on any atom is 0.329 e. The summed E-state index contributed by atoms with van der Waals surface area (Å²) in [4.78, 5) is 19.3. The molecule has 2 rings (SSSR count). The molecule has 2 atom stereocenters. The third-order valence-corrected chi connectivity index (χ3v) is 3.57. The van der Waals surface area contributed by atoms with Crippen molar-refractivity contribution in [3.8, 4) is 5.95 Å². The summed E-state index contributed by atoms with van der Waals surface area (Å²) < 4.78 is 4.29. The standard InChI is InChI=1S/C16H19N3O4S/c1-16(2,24)12(14(20)21)18-8-10-15(22)23-13(19-10)11(17)9-6-4-3-5-7-9/h3-8,11-12,22,24H,17H2,1-2H3,(H,20,21). The molecule has 0 saturated carbocycles. The molecule has 0 amide bonds. The van der Waals surface area contributed by atoms with Crippen molar-refractivity contribution < 1.29 is 19.4 Å². The summed E-state index contributed by atoms with van der Waals surface area (Å²) in [6.07, 6.45) is 1.15. The summed E-state index contributed by atoms with van der Waals surface area (Å²) in [6.45, 7) is 3.26. The summed E-state index contributed by atoms with van der Waals surface area (Å²) in [5, 5.41) is 19.0. The average Bonchev–Trinajstić information content (AvgIpc) is 2.87. The molecule has 8 heteroatoms. The topological polar surface area (TPSA) is 122 Å².